The highest BCUT2D eigenvalue weighted by atomic mass is 16.4. The zero-order valence-electron chi connectivity index (χ0n) is 16.2. The van der Waals surface area contributed by atoms with Crippen molar-refractivity contribution >= 4 is 23.6 Å². The average molecular weight is 403 g/mol. The number of amides is 2. The largest absolute Gasteiger partial charge is 0.465 e. The molecule has 1 aromatic heterocycles. The highest BCUT2D eigenvalue weighted by Crippen LogP contribution is 2.32. The third kappa shape index (κ3) is 4.07. The second-order valence-corrected chi connectivity index (χ2v) is 7.08. The molecule has 1 atom stereocenters. The van der Waals surface area contributed by atoms with E-state index in [1.54, 1.807) is 17.2 Å². The van der Waals surface area contributed by atoms with Crippen LogP contribution in [0.25, 0.3) is 11.3 Å². The molecule has 0 aliphatic carbocycles. The summed E-state index contributed by atoms with van der Waals surface area (Å²) in [5, 5.41) is 11.6. The minimum atomic E-state index is -1.22. The number of anilines is 2. The van der Waals surface area contributed by atoms with E-state index in [-0.39, 0.29) is 18.3 Å². The van der Waals surface area contributed by atoms with Crippen LogP contribution in [0.1, 0.15) is 11.1 Å². The summed E-state index contributed by atoms with van der Waals surface area (Å²) in [4.78, 5) is 34.3. The summed E-state index contributed by atoms with van der Waals surface area (Å²) >= 11 is 0. The van der Waals surface area contributed by atoms with Gasteiger partial charge < -0.3 is 21.1 Å². The van der Waals surface area contributed by atoms with Crippen LogP contribution in [-0.4, -0.2) is 39.7 Å². The molecule has 0 spiro atoms. The van der Waals surface area contributed by atoms with Crippen LogP contribution in [0.15, 0.2) is 60.8 Å². The maximum atomic E-state index is 13.2. The standard InChI is InChI=1S/C22H21N5O3/c23-21-24-10-8-17(25-21)15-6-7-19-16(13-15)9-11-27(19)20(28)18(26-22(29)30)12-14-4-2-1-3-5-14/h1-8,10,13,18,26H,9,11-12H2,(H,29,30)(H2,23,24,25)/t18-/m1/s1. The molecular formula is C22H21N5O3. The van der Waals surface area contributed by atoms with Crippen molar-refractivity contribution in [3.05, 3.63) is 71.9 Å². The van der Waals surface area contributed by atoms with Gasteiger partial charge in [-0.25, -0.2) is 14.8 Å². The summed E-state index contributed by atoms with van der Waals surface area (Å²) in [6.45, 7) is 0.496. The number of benzene rings is 2. The topological polar surface area (TPSA) is 121 Å². The van der Waals surface area contributed by atoms with Gasteiger partial charge in [0.15, 0.2) is 0 Å². The number of nitrogen functional groups attached to an aromatic ring is 1. The molecule has 1 aliphatic rings. The minimum Gasteiger partial charge on any atom is -0.465 e. The van der Waals surface area contributed by atoms with Crippen molar-refractivity contribution < 1.29 is 14.7 Å². The van der Waals surface area contributed by atoms with Gasteiger partial charge >= 0.3 is 6.09 Å². The lowest BCUT2D eigenvalue weighted by Crippen LogP contribution is -2.49. The van der Waals surface area contributed by atoms with Gasteiger partial charge in [-0.1, -0.05) is 36.4 Å². The number of fused-ring (bicyclic) bond motifs is 1. The third-order valence-electron chi connectivity index (χ3n) is 5.09. The first-order chi connectivity index (χ1) is 14.5. The smallest absolute Gasteiger partial charge is 0.405 e. The molecule has 2 heterocycles. The van der Waals surface area contributed by atoms with Gasteiger partial charge in [-0.05, 0) is 35.7 Å². The molecule has 0 fully saturated rings. The van der Waals surface area contributed by atoms with E-state index in [0.29, 0.717) is 18.7 Å². The Hall–Kier alpha value is -3.94. The molecule has 4 N–H and O–H groups in total. The highest BCUT2D eigenvalue weighted by molar-refractivity contribution is 6.00. The normalized spacial score (nSPS) is 13.5. The molecule has 0 bridgehead atoms. The second kappa shape index (κ2) is 8.20. The van der Waals surface area contributed by atoms with Gasteiger partial charge in [-0.2, -0.15) is 0 Å². The first kappa shape index (κ1) is 19.4. The van der Waals surface area contributed by atoms with Gasteiger partial charge in [0, 0.05) is 30.4 Å². The lowest BCUT2D eigenvalue weighted by atomic mass is 10.0. The minimum absolute atomic E-state index is 0.202. The first-order valence-electron chi connectivity index (χ1n) is 9.58. The van der Waals surface area contributed by atoms with Crippen molar-refractivity contribution in [2.24, 2.45) is 0 Å². The van der Waals surface area contributed by atoms with E-state index in [9.17, 15) is 14.7 Å². The number of carbonyl (C=O) groups is 2. The van der Waals surface area contributed by atoms with Crippen LogP contribution < -0.4 is 16.0 Å². The molecule has 0 unspecified atom stereocenters. The molecule has 2 aromatic carbocycles. The van der Waals surface area contributed by atoms with Crippen LogP contribution in [0.2, 0.25) is 0 Å². The maximum Gasteiger partial charge on any atom is 0.405 e. The third-order valence-corrected chi connectivity index (χ3v) is 5.09. The van der Waals surface area contributed by atoms with E-state index in [1.165, 1.54) is 0 Å². The summed E-state index contributed by atoms with van der Waals surface area (Å²) in [5.74, 6) is -0.0627. The number of hydrogen-bond acceptors (Lipinski definition) is 5. The van der Waals surface area contributed by atoms with Gasteiger partial charge in [0.1, 0.15) is 6.04 Å². The monoisotopic (exact) mass is 403 g/mol. The molecule has 3 aromatic rings. The number of hydrogen-bond donors (Lipinski definition) is 3. The van der Waals surface area contributed by atoms with E-state index in [2.05, 4.69) is 15.3 Å². The number of carbonyl (C=O) groups excluding carboxylic acids is 1. The van der Waals surface area contributed by atoms with Crippen molar-refractivity contribution in [1.82, 2.24) is 15.3 Å². The predicted molar refractivity (Wildman–Crippen MR) is 113 cm³/mol. The zero-order chi connectivity index (χ0) is 21.1. The van der Waals surface area contributed by atoms with Crippen LogP contribution >= 0.6 is 0 Å². The number of aromatic nitrogens is 2. The number of carboxylic acid groups (broad SMARTS) is 1. The van der Waals surface area contributed by atoms with Crippen LogP contribution in [0.5, 0.6) is 0 Å². The molecular weight excluding hydrogens is 382 g/mol. The summed E-state index contributed by atoms with van der Waals surface area (Å²) < 4.78 is 0. The van der Waals surface area contributed by atoms with Gasteiger partial charge in [-0.3, -0.25) is 4.79 Å². The summed E-state index contributed by atoms with van der Waals surface area (Å²) in [7, 11) is 0. The number of nitrogens with zero attached hydrogens (tertiary/aromatic N) is 3. The SMILES string of the molecule is Nc1nccc(-c2ccc3c(c2)CCN3C(=O)[C@@H](Cc2ccccc2)NC(=O)O)n1. The summed E-state index contributed by atoms with van der Waals surface area (Å²) in [6.07, 6.45) is 1.35. The molecule has 0 radical (unpaired) electrons. The van der Waals surface area contributed by atoms with E-state index in [1.807, 2.05) is 48.5 Å². The average Bonchev–Trinajstić information content (AvgIpc) is 3.16. The lowest BCUT2D eigenvalue weighted by Gasteiger charge is -2.24. The van der Waals surface area contributed by atoms with Gasteiger partial charge in [0.05, 0.1) is 5.69 Å². The van der Waals surface area contributed by atoms with Gasteiger partial charge in [0.2, 0.25) is 11.9 Å². The molecule has 0 saturated carbocycles. The number of rotatable bonds is 5. The Morgan fingerprint density at radius 1 is 1.17 bits per heavy atom. The van der Waals surface area contributed by atoms with Crippen molar-refractivity contribution in [2.75, 3.05) is 17.2 Å². The van der Waals surface area contributed by atoms with E-state index in [4.69, 9.17) is 5.73 Å². The van der Waals surface area contributed by atoms with E-state index >= 15 is 0 Å². The van der Waals surface area contributed by atoms with Crippen LogP contribution in [0.4, 0.5) is 16.4 Å². The Kier molecular flexibility index (Phi) is 5.30. The fourth-order valence-electron chi connectivity index (χ4n) is 3.71. The highest BCUT2D eigenvalue weighted by Gasteiger charge is 2.31. The van der Waals surface area contributed by atoms with Crippen molar-refractivity contribution in [2.45, 2.75) is 18.9 Å². The molecule has 1 aliphatic heterocycles. The van der Waals surface area contributed by atoms with Gasteiger partial charge in [-0.15, -0.1) is 0 Å². The summed E-state index contributed by atoms with van der Waals surface area (Å²) in [5.41, 5.74) is 9.96. The van der Waals surface area contributed by atoms with Crippen LogP contribution in [-0.2, 0) is 17.6 Å². The molecule has 8 heteroatoms. The predicted octanol–water partition coefficient (Wildman–Crippen LogP) is 2.49. The molecule has 152 valence electrons. The quantitative estimate of drug-likeness (QED) is 0.602. The van der Waals surface area contributed by atoms with E-state index in [0.717, 1.165) is 22.4 Å². The lowest BCUT2D eigenvalue weighted by molar-refractivity contribution is -0.120. The molecule has 0 saturated heterocycles. The van der Waals surface area contributed by atoms with Crippen molar-refractivity contribution in [1.29, 1.82) is 0 Å². The number of nitrogens with two attached hydrogens (primary N) is 1. The number of nitrogens with one attached hydrogen (secondary N) is 1. The Morgan fingerprint density at radius 2 is 1.97 bits per heavy atom. The van der Waals surface area contributed by atoms with Gasteiger partial charge in [0.25, 0.3) is 0 Å². The van der Waals surface area contributed by atoms with Crippen molar-refractivity contribution in [3.8, 4) is 11.3 Å². The fraction of sp³-hybridized carbons (Fsp3) is 0.182. The zero-order valence-corrected chi connectivity index (χ0v) is 16.2. The summed E-state index contributed by atoms with van der Waals surface area (Å²) in [6, 6.07) is 16.0. The maximum absolute atomic E-state index is 13.2. The fourth-order valence-corrected chi connectivity index (χ4v) is 3.71. The molecule has 2 amide bonds. The molecule has 8 nitrogen and oxygen atoms in total. The first-order valence-corrected chi connectivity index (χ1v) is 9.58. The van der Waals surface area contributed by atoms with Crippen LogP contribution in [0, 0.1) is 0 Å². The Morgan fingerprint density at radius 3 is 2.70 bits per heavy atom. The van der Waals surface area contributed by atoms with E-state index < -0.39 is 12.1 Å². The Bertz CT molecular complexity index is 1090. The second-order valence-electron chi connectivity index (χ2n) is 7.08. The van der Waals surface area contributed by atoms with Crippen LogP contribution in [0.3, 0.4) is 0 Å². The molecule has 4 rings (SSSR count). The van der Waals surface area contributed by atoms with Crippen molar-refractivity contribution in [3.63, 3.8) is 0 Å². The Balaban J connectivity index is 1.58. The molecule has 30 heavy (non-hydrogen) atoms. The Labute approximate surface area is 173 Å².